The van der Waals surface area contributed by atoms with Crippen LogP contribution < -0.4 is 10.6 Å². The highest BCUT2D eigenvalue weighted by Gasteiger charge is 2.34. The molecule has 22 heavy (non-hydrogen) atoms. The van der Waals surface area contributed by atoms with Crippen LogP contribution in [-0.2, 0) is 0 Å². The van der Waals surface area contributed by atoms with Gasteiger partial charge in [-0.3, -0.25) is 10.1 Å². The molecule has 3 heterocycles. The van der Waals surface area contributed by atoms with Crippen LogP contribution in [-0.4, -0.2) is 41.6 Å². The molecule has 4 nitrogen and oxygen atoms in total. The van der Waals surface area contributed by atoms with Crippen LogP contribution in [0.15, 0.2) is 18.2 Å². The van der Waals surface area contributed by atoms with Crippen molar-refractivity contribution in [2.24, 2.45) is 5.92 Å². The van der Waals surface area contributed by atoms with Crippen molar-refractivity contribution in [3.8, 4) is 0 Å². The smallest absolute Gasteiger partial charge is 0.257 e. The van der Waals surface area contributed by atoms with Gasteiger partial charge in [-0.15, -0.1) is 0 Å². The van der Waals surface area contributed by atoms with Gasteiger partial charge in [-0.2, -0.15) is 0 Å². The molecule has 4 rings (SSSR count). The molecular weight excluding hydrogens is 341 g/mol. The van der Waals surface area contributed by atoms with Crippen LogP contribution >= 0.6 is 35.4 Å². The number of thiocarbonyl (C=S) groups is 1. The van der Waals surface area contributed by atoms with Crippen molar-refractivity contribution in [1.82, 2.24) is 15.5 Å². The number of halogens is 2. The number of carbonyl (C=O) groups is 1. The third-order valence-corrected chi connectivity index (χ3v) is 5.34. The van der Waals surface area contributed by atoms with Gasteiger partial charge < -0.3 is 10.2 Å². The van der Waals surface area contributed by atoms with Gasteiger partial charge in [0.25, 0.3) is 5.91 Å². The SMILES string of the molecule is O=C(NC(=S)NC1CN2CCC1CC2)c1ccc(Cl)c(Cl)c1. The van der Waals surface area contributed by atoms with Crippen LogP contribution in [0.25, 0.3) is 0 Å². The third kappa shape index (κ3) is 3.54. The lowest BCUT2D eigenvalue weighted by atomic mass is 9.84. The highest BCUT2D eigenvalue weighted by atomic mass is 35.5. The zero-order chi connectivity index (χ0) is 15.7. The lowest BCUT2D eigenvalue weighted by molar-refractivity contribution is 0.0807. The number of piperidine rings is 3. The van der Waals surface area contributed by atoms with Crippen molar-refractivity contribution in [2.45, 2.75) is 18.9 Å². The maximum absolute atomic E-state index is 12.2. The molecule has 0 radical (unpaired) electrons. The average Bonchev–Trinajstić information content (AvgIpc) is 2.51. The summed E-state index contributed by atoms with van der Waals surface area (Å²) in [6.45, 7) is 3.34. The first-order valence-electron chi connectivity index (χ1n) is 7.32. The second-order valence-corrected chi connectivity index (χ2v) is 7.02. The number of rotatable bonds is 2. The zero-order valence-electron chi connectivity index (χ0n) is 11.9. The van der Waals surface area contributed by atoms with Crippen LogP contribution in [0, 0.1) is 5.92 Å². The van der Waals surface area contributed by atoms with Crippen molar-refractivity contribution in [2.75, 3.05) is 19.6 Å². The van der Waals surface area contributed by atoms with E-state index in [2.05, 4.69) is 15.5 Å². The second-order valence-electron chi connectivity index (χ2n) is 5.80. The minimum atomic E-state index is -0.280. The van der Waals surface area contributed by atoms with Gasteiger partial charge in [0.05, 0.1) is 10.0 Å². The molecule has 1 unspecified atom stereocenters. The van der Waals surface area contributed by atoms with Crippen LogP contribution in [0.5, 0.6) is 0 Å². The van der Waals surface area contributed by atoms with E-state index in [9.17, 15) is 4.79 Å². The topological polar surface area (TPSA) is 44.4 Å². The summed E-state index contributed by atoms with van der Waals surface area (Å²) in [6.07, 6.45) is 2.39. The van der Waals surface area contributed by atoms with E-state index in [4.69, 9.17) is 35.4 Å². The summed E-state index contributed by atoms with van der Waals surface area (Å²) in [6, 6.07) is 5.09. The zero-order valence-corrected chi connectivity index (χ0v) is 14.3. The summed E-state index contributed by atoms with van der Waals surface area (Å²) in [4.78, 5) is 14.6. The minimum absolute atomic E-state index is 0.280. The predicted octanol–water partition coefficient (Wildman–Crippen LogP) is 2.69. The molecule has 0 spiro atoms. The predicted molar refractivity (Wildman–Crippen MR) is 92.6 cm³/mol. The number of hydrogen-bond donors (Lipinski definition) is 2. The maximum atomic E-state index is 12.2. The molecule has 3 saturated heterocycles. The lowest BCUT2D eigenvalue weighted by Crippen LogP contribution is -2.59. The van der Waals surface area contributed by atoms with E-state index in [-0.39, 0.29) is 5.91 Å². The summed E-state index contributed by atoms with van der Waals surface area (Å²) in [5.74, 6) is 0.363. The average molecular weight is 358 g/mol. The number of nitrogens with zero attached hydrogens (tertiary/aromatic N) is 1. The Labute approximate surface area is 145 Å². The fourth-order valence-electron chi connectivity index (χ4n) is 3.15. The quantitative estimate of drug-likeness (QED) is 0.798. The van der Waals surface area contributed by atoms with Crippen LogP contribution in [0.3, 0.4) is 0 Å². The van der Waals surface area contributed by atoms with E-state index in [1.807, 2.05) is 0 Å². The van der Waals surface area contributed by atoms with Crippen molar-refractivity contribution < 1.29 is 4.79 Å². The minimum Gasteiger partial charge on any atom is -0.358 e. The molecule has 0 aliphatic carbocycles. The van der Waals surface area contributed by atoms with Gasteiger partial charge >= 0.3 is 0 Å². The maximum Gasteiger partial charge on any atom is 0.257 e. The Morgan fingerprint density at radius 3 is 2.55 bits per heavy atom. The lowest BCUT2D eigenvalue weighted by Gasteiger charge is -2.45. The van der Waals surface area contributed by atoms with Crippen molar-refractivity contribution in [3.63, 3.8) is 0 Å². The van der Waals surface area contributed by atoms with Crippen molar-refractivity contribution >= 4 is 46.4 Å². The molecule has 0 aromatic heterocycles. The van der Waals surface area contributed by atoms with Gasteiger partial charge in [-0.25, -0.2) is 0 Å². The molecule has 1 amide bonds. The summed E-state index contributed by atoms with van der Waals surface area (Å²) in [5, 5.41) is 7.13. The molecule has 7 heteroatoms. The third-order valence-electron chi connectivity index (χ3n) is 4.38. The van der Waals surface area contributed by atoms with Gasteiger partial charge in [0, 0.05) is 18.2 Å². The van der Waals surface area contributed by atoms with Crippen molar-refractivity contribution in [1.29, 1.82) is 0 Å². The monoisotopic (exact) mass is 357 g/mol. The second kappa shape index (κ2) is 6.71. The number of benzene rings is 1. The van der Waals surface area contributed by atoms with Crippen LogP contribution in [0.2, 0.25) is 10.0 Å². The molecular formula is C15H17Cl2N3OS. The van der Waals surface area contributed by atoms with E-state index < -0.39 is 0 Å². The number of carbonyl (C=O) groups excluding carboxylic acids is 1. The molecule has 0 saturated carbocycles. The van der Waals surface area contributed by atoms with E-state index in [0.29, 0.717) is 32.7 Å². The number of nitrogens with one attached hydrogen (secondary N) is 2. The highest BCUT2D eigenvalue weighted by molar-refractivity contribution is 7.80. The van der Waals surface area contributed by atoms with Crippen LogP contribution in [0.1, 0.15) is 23.2 Å². The summed E-state index contributed by atoms with van der Waals surface area (Å²) in [5.41, 5.74) is 0.437. The fourth-order valence-corrected chi connectivity index (χ4v) is 3.69. The summed E-state index contributed by atoms with van der Waals surface area (Å²) in [7, 11) is 0. The molecule has 1 atom stereocenters. The highest BCUT2D eigenvalue weighted by Crippen LogP contribution is 2.27. The molecule has 2 N–H and O–H groups in total. The first-order chi connectivity index (χ1) is 10.5. The molecule has 3 aliphatic rings. The Kier molecular flexibility index (Phi) is 4.88. The number of hydrogen-bond acceptors (Lipinski definition) is 3. The van der Waals surface area contributed by atoms with Gasteiger partial charge in [-0.1, -0.05) is 23.2 Å². The van der Waals surface area contributed by atoms with Gasteiger partial charge in [0.1, 0.15) is 0 Å². The van der Waals surface area contributed by atoms with Gasteiger partial charge in [-0.05, 0) is 62.3 Å². The van der Waals surface area contributed by atoms with Crippen LogP contribution in [0.4, 0.5) is 0 Å². The normalized spacial score (nSPS) is 26.5. The number of fused-ring (bicyclic) bond motifs is 3. The summed E-state index contributed by atoms with van der Waals surface area (Å²) >= 11 is 17.0. The van der Waals surface area contributed by atoms with E-state index in [0.717, 1.165) is 6.54 Å². The first-order valence-corrected chi connectivity index (χ1v) is 8.48. The molecule has 118 valence electrons. The molecule has 1 aromatic rings. The molecule has 2 bridgehead atoms. The Bertz CT molecular complexity index is 602. The summed E-state index contributed by atoms with van der Waals surface area (Å²) < 4.78 is 0. The molecule has 1 aromatic carbocycles. The van der Waals surface area contributed by atoms with E-state index in [1.54, 1.807) is 12.1 Å². The fraction of sp³-hybridized carbons (Fsp3) is 0.467. The van der Waals surface area contributed by atoms with Gasteiger partial charge in [0.2, 0.25) is 0 Å². The van der Waals surface area contributed by atoms with E-state index in [1.165, 1.54) is 32.0 Å². The van der Waals surface area contributed by atoms with Crippen molar-refractivity contribution in [3.05, 3.63) is 33.8 Å². The molecule has 3 aliphatic heterocycles. The first kappa shape index (κ1) is 16.0. The number of amides is 1. The Hall–Kier alpha value is -0.880. The van der Waals surface area contributed by atoms with E-state index >= 15 is 0 Å². The Morgan fingerprint density at radius 2 is 1.95 bits per heavy atom. The largest absolute Gasteiger partial charge is 0.358 e. The van der Waals surface area contributed by atoms with Gasteiger partial charge in [0.15, 0.2) is 5.11 Å². The Morgan fingerprint density at radius 1 is 1.23 bits per heavy atom. The molecule has 3 fully saturated rings. The Balaban J connectivity index is 1.57. The standard InChI is InChI=1S/C15H17Cl2N3OS/c16-11-2-1-10(7-12(11)17)14(21)19-15(22)18-13-8-20-5-3-9(13)4-6-20/h1-2,7,9,13H,3-6,8H2,(H2,18,19,21,22).